The van der Waals surface area contributed by atoms with E-state index in [1.807, 2.05) is 0 Å². The van der Waals surface area contributed by atoms with Gasteiger partial charge < -0.3 is 14.7 Å². The molecule has 0 radical (unpaired) electrons. The topological polar surface area (TPSA) is 9.72 Å². The molecule has 41 heavy (non-hydrogen) atoms. The molecule has 0 aromatic heterocycles. The van der Waals surface area contributed by atoms with Crippen molar-refractivity contribution >= 4 is 11.3 Å². The van der Waals surface area contributed by atoms with E-state index in [2.05, 4.69) is 96.3 Å². The third-order valence-electron chi connectivity index (χ3n) is 11.6. The van der Waals surface area contributed by atoms with Crippen molar-refractivity contribution in [2.45, 2.75) is 97.1 Å². The standard InChI is InChI=1S/C38H55N3/c1-4-39-26-23-30(33-13-7-10-16-36(33)39)21-19-29(32-25-28-41(6-3)38-18-12-9-15-35(32)38)20-22-31-24-27-40(5-2)37-17-11-8-14-34(31)37/h7,10,13,16,19-23,26,31-32,34-35,37-38H,4-6,8-9,11-12,14-15,17-18,24-25,27-28H2,1-3H3/b22-20+,29-19+,30-21+. The molecule has 6 atom stereocenters. The molecule has 4 fully saturated rings. The predicted molar refractivity (Wildman–Crippen MR) is 176 cm³/mol. The highest BCUT2D eigenvalue weighted by molar-refractivity contribution is 5.86. The average molecular weight is 554 g/mol. The van der Waals surface area contributed by atoms with Crippen LogP contribution in [0.25, 0.3) is 5.57 Å². The molecule has 1 aromatic carbocycles. The van der Waals surface area contributed by atoms with Crippen molar-refractivity contribution in [2.75, 3.05) is 37.6 Å². The Hall–Kier alpha value is -2.10. The Bertz CT molecular complexity index is 1140. The summed E-state index contributed by atoms with van der Waals surface area (Å²) in [7, 11) is 0. The van der Waals surface area contributed by atoms with Crippen molar-refractivity contribution in [3.63, 3.8) is 0 Å². The molecule has 0 bridgehead atoms. The number of nitrogens with zero attached hydrogens (tertiary/aromatic N) is 3. The normalized spacial score (nSPS) is 34.1. The minimum Gasteiger partial charge on any atom is -0.348 e. The Morgan fingerprint density at radius 2 is 1.46 bits per heavy atom. The zero-order valence-electron chi connectivity index (χ0n) is 26.2. The van der Waals surface area contributed by atoms with E-state index < -0.39 is 0 Å². The smallest absolute Gasteiger partial charge is 0.0485 e. The molecular formula is C38H55N3. The van der Waals surface area contributed by atoms with Crippen LogP contribution in [-0.2, 0) is 0 Å². The minimum atomic E-state index is 0.684. The molecule has 2 saturated heterocycles. The van der Waals surface area contributed by atoms with Crippen LogP contribution >= 0.6 is 0 Å². The van der Waals surface area contributed by atoms with Crippen LogP contribution in [0.5, 0.6) is 0 Å². The fourth-order valence-electron chi connectivity index (χ4n) is 9.43. The number of hydrogen-bond acceptors (Lipinski definition) is 3. The van der Waals surface area contributed by atoms with Gasteiger partial charge in [0.15, 0.2) is 0 Å². The summed E-state index contributed by atoms with van der Waals surface area (Å²) in [5.41, 5.74) is 5.67. The van der Waals surface area contributed by atoms with Gasteiger partial charge in [0.25, 0.3) is 0 Å². The van der Waals surface area contributed by atoms with Gasteiger partial charge in [-0.25, -0.2) is 0 Å². The van der Waals surface area contributed by atoms with Crippen LogP contribution in [0.15, 0.2) is 66.4 Å². The second kappa shape index (κ2) is 13.5. The lowest BCUT2D eigenvalue weighted by molar-refractivity contribution is 0.0358. The second-order valence-electron chi connectivity index (χ2n) is 13.4. The lowest BCUT2D eigenvalue weighted by Gasteiger charge is -2.49. The van der Waals surface area contributed by atoms with Gasteiger partial charge in [-0.15, -0.1) is 0 Å². The molecule has 0 amide bonds. The third-order valence-corrected chi connectivity index (χ3v) is 11.6. The fraction of sp³-hybridized carbons (Fsp3) is 0.632. The summed E-state index contributed by atoms with van der Waals surface area (Å²) in [6, 6.07) is 10.5. The number of fused-ring (bicyclic) bond motifs is 3. The first-order chi connectivity index (χ1) is 20.2. The zero-order chi connectivity index (χ0) is 28.2. The highest BCUT2D eigenvalue weighted by atomic mass is 15.2. The summed E-state index contributed by atoms with van der Waals surface area (Å²) < 4.78 is 0. The van der Waals surface area contributed by atoms with Gasteiger partial charge in [0.05, 0.1) is 0 Å². The molecule has 0 spiro atoms. The van der Waals surface area contributed by atoms with Crippen LogP contribution in [0.1, 0.15) is 90.5 Å². The van der Waals surface area contributed by atoms with Gasteiger partial charge in [0.1, 0.15) is 0 Å². The van der Waals surface area contributed by atoms with Crippen molar-refractivity contribution < 1.29 is 0 Å². The van der Waals surface area contributed by atoms with Gasteiger partial charge in [0, 0.05) is 36.1 Å². The molecule has 2 aliphatic carbocycles. The van der Waals surface area contributed by atoms with Gasteiger partial charge in [0.2, 0.25) is 0 Å². The van der Waals surface area contributed by atoms with Crippen LogP contribution < -0.4 is 4.90 Å². The Labute approximate surface area is 251 Å². The Morgan fingerprint density at radius 1 is 0.780 bits per heavy atom. The Morgan fingerprint density at radius 3 is 2.22 bits per heavy atom. The summed E-state index contributed by atoms with van der Waals surface area (Å²) in [5, 5.41) is 0. The molecule has 0 N–H and O–H groups in total. The molecule has 3 aliphatic heterocycles. The number of likely N-dealkylation sites (tertiary alicyclic amines) is 2. The van der Waals surface area contributed by atoms with Crippen molar-refractivity contribution in [2.24, 2.45) is 23.7 Å². The molecule has 2 saturated carbocycles. The molecule has 1 aromatic rings. The summed E-state index contributed by atoms with van der Waals surface area (Å²) >= 11 is 0. The molecular weight excluding hydrogens is 498 g/mol. The fourth-order valence-corrected chi connectivity index (χ4v) is 9.43. The number of piperidine rings is 2. The van der Waals surface area contributed by atoms with Gasteiger partial charge >= 0.3 is 0 Å². The molecule has 222 valence electrons. The van der Waals surface area contributed by atoms with E-state index in [9.17, 15) is 0 Å². The monoisotopic (exact) mass is 553 g/mol. The maximum atomic E-state index is 2.81. The quantitative estimate of drug-likeness (QED) is 0.313. The molecule has 3 heteroatoms. The molecule has 5 aliphatic rings. The molecule has 6 unspecified atom stereocenters. The minimum absolute atomic E-state index is 0.684. The maximum Gasteiger partial charge on any atom is 0.0485 e. The van der Waals surface area contributed by atoms with E-state index >= 15 is 0 Å². The zero-order valence-corrected chi connectivity index (χ0v) is 26.2. The summed E-state index contributed by atoms with van der Waals surface area (Å²) in [5.74, 6) is 3.08. The van der Waals surface area contributed by atoms with E-state index in [1.54, 1.807) is 5.57 Å². The first-order valence-electron chi connectivity index (χ1n) is 17.3. The number of hydrogen-bond donors (Lipinski definition) is 0. The van der Waals surface area contributed by atoms with Crippen molar-refractivity contribution in [3.8, 4) is 0 Å². The predicted octanol–water partition coefficient (Wildman–Crippen LogP) is 8.71. The molecule has 3 heterocycles. The molecule has 6 rings (SSSR count). The molecule has 3 nitrogen and oxygen atoms in total. The van der Waals surface area contributed by atoms with E-state index in [0.717, 1.165) is 36.4 Å². The van der Waals surface area contributed by atoms with E-state index in [-0.39, 0.29) is 0 Å². The Balaban J connectivity index is 1.33. The number of allylic oxidation sites excluding steroid dienone is 7. The van der Waals surface area contributed by atoms with Crippen LogP contribution in [0.3, 0.4) is 0 Å². The largest absolute Gasteiger partial charge is 0.348 e. The van der Waals surface area contributed by atoms with E-state index in [0.29, 0.717) is 5.92 Å². The van der Waals surface area contributed by atoms with Crippen molar-refractivity contribution in [1.29, 1.82) is 0 Å². The number of benzene rings is 1. The number of anilines is 1. The first-order valence-corrected chi connectivity index (χ1v) is 17.3. The summed E-state index contributed by atoms with van der Waals surface area (Å²) in [6.45, 7) is 13.0. The lowest BCUT2D eigenvalue weighted by atomic mass is 9.68. The average Bonchev–Trinajstić information content (AvgIpc) is 3.04. The number of rotatable bonds is 7. The number of para-hydroxylation sites is 1. The van der Waals surface area contributed by atoms with E-state index in [4.69, 9.17) is 0 Å². The maximum absolute atomic E-state index is 2.81. The van der Waals surface area contributed by atoms with Gasteiger partial charge in [-0.2, -0.15) is 0 Å². The van der Waals surface area contributed by atoms with Crippen molar-refractivity contribution in [3.05, 3.63) is 72.0 Å². The van der Waals surface area contributed by atoms with Crippen LogP contribution in [0.4, 0.5) is 5.69 Å². The highest BCUT2D eigenvalue weighted by Crippen LogP contribution is 2.44. The first kappa shape index (κ1) is 29.0. The SMILES string of the molecule is CCN1C=C\C(=C/C=C(\C=C\C2CCN(CC)C3CCCCC23)C2CCN(CC)C3CCCCC23)c2ccccc21. The van der Waals surface area contributed by atoms with E-state index in [1.165, 1.54) is 107 Å². The van der Waals surface area contributed by atoms with Gasteiger partial charge in [-0.3, -0.25) is 0 Å². The summed E-state index contributed by atoms with van der Waals surface area (Å²) in [4.78, 5) is 7.98. The summed E-state index contributed by atoms with van der Waals surface area (Å²) in [6.07, 6.45) is 28.9. The van der Waals surface area contributed by atoms with Crippen LogP contribution in [0, 0.1) is 23.7 Å². The third kappa shape index (κ3) is 6.04. The van der Waals surface area contributed by atoms with Crippen molar-refractivity contribution in [1.82, 2.24) is 9.80 Å². The van der Waals surface area contributed by atoms with Crippen LogP contribution in [-0.4, -0.2) is 54.6 Å². The Kier molecular flexibility index (Phi) is 9.52. The highest BCUT2D eigenvalue weighted by Gasteiger charge is 2.40. The van der Waals surface area contributed by atoms with Gasteiger partial charge in [-0.05, 0) is 119 Å². The second-order valence-corrected chi connectivity index (χ2v) is 13.4. The van der Waals surface area contributed by atoms with Gasteiger partial charge in [-0.1, -0.05) is 82.0 Å². The van der Waals surface area contributed by atoms with Crippen LogP contribution in [0.2, 0.25) is 0 Å². The lowest BCUT2D eigenvalue weighted by Crippen LogP contribution is -2.50.